The van der Waals surface area contributed by atoms with Gasteiger partial charge in [-0.25, -0.2) is 0 Å². The number of ether oxygens (including phenoxy) is 1. The van der Waals surface area contributed by atoms with Gasteiger partial charge in [0.1, 0.15) is 0 Å². The van der Waals surface area contributed by atoms with E-state index in [9.17, 15) is 0 Å². The lowest BCUT2D eigenvalue weighted by Gasteiger charge is -2.21. The number of nitrogens with one attached hydrogen (secondary N) is 1. The number of rotatable bonds is 8. The van der Waals surface area contributed by atoms with Crippen LogP contribution in [0.25, 0.3) is 0 Å². The average molecular weight is 268 g/mol. The highest BCUT2D eigenvalue weighted by molar-refractivity contribution is 7.12. The number of methoxy groups -OCH3 is 1. The Bertz CT molecular complexity index is 374. The lowest BCUT2D eigenvalue weighted by Crippen LogP contribution is -2.29. The van der Waals surface area contributed by atoms with Crippen molar-refractivity contribution in [2.24, 2.45) is 0 Å². The Balaban J connectivity index is 1.96. The van der Waals surface area contributed by atoms with Crippen molar-refractivity contribution < 1.29 is 4.74 Å². The molecule has 0 amide bonds. The Kier molecular flexibility index (Phi) is 5.18. The second-order valence-corrected chi connectivity index (χ2v) is 6.36. The minimum absolute atomic E-state index is 0.798. The van der Waals surface area contributed by atoms with E-state index in [4.69, 9.17) is 4.74 Å². The molecule has 0 aromatic carbocycles. The van der Waals surface area contributed by atoms with Crippen molar-refractivity contribution in [3.8, 4) is 0 Å². The summed E-state index contributed by atoms with van der Waals surface area (Å²) in [6, 6.07) is 3.16. The van der Waals surface area contributed by atoms with Crippen LogP contribution in [0.2, 0.25) is 0 Å². The zero-order chi connectivity index (χ0) is 13.0. The van der Waals surface area contributed by atoms with Crippen LogP contribution in [0, 0.1) is 6.92 Å². The zero-order valence-corrected chi connectivity index (χ0v) is 12.5. The van der Waals surface area contributed by atoms with Gasteiger partial charge in [-0.1, -0.05) is 0 Å². The summed E-state index contributed by atoms with van der Waals surface area (Å²) in [4.78, 5) is 5.47. The zero-order valence-electron chi connectivity index (χ0n) is 11.7. The standard InChI is InChI=1S/C14H24N2OS/c1-11-12(8-14(18-11)9-15-2)10-16(6-7-17-3)13-4-5-13/h8,13,15H,4-7,9-10H2,1-3H3. The van der Waals surface area contributed by atoms with Crippen molar-refractivity contribution in [3.63, 3.8) is 0 Å². The molecule has 1 aliphatic rings. The second kappa shape index (κ2) is 6.66. The number of hydrogen-bond donors (Lipinski definition) is 1. The van der Waals surface area contributed by atoms with Crippen molar-refractivity contribution in [2.75, 3.05) is 27.3 Å². The third-order valence-corrected chi connectivity index (χ3v) is 4.53. The highest BCUT2D eigenvalue weighted by Crippen LogP contribution is 2.30. The first-order chi connectivity index (χ1) is 8.74. The van der Waals surface area contributed by atoms with Crippen LogP contribution in [0.3, 0.4) is 0 Å². The molecule has 18 heavy (non-hydrogen) atoms. The van der Waals surface area contributed by atoms with E-state index in [1.54, 1.807) is 7.11 Å². The summed E-state index contributed by atoms with van der Waals surface area (Å²) < 4.78 is 5.21. The van der Waals surface area contributed by atoms with Gasteiger partial charge in [-0.3, -0.25) is 4.90 Å². The number of aryl methyl sites for hydroxylation is 1. The summed E-state index contributed by atoms with van der Waals surface area (Å²) >= 11 is 1.92. The predicted molar refractivity (Wildman–Crippen MR) is 77.1 cm³/mol. The first kappa shape index (κ1) is 14.0. The van der Waals surface area contributed by atoms with E-state index in [0.717, 1.165) is 32.3 Å². The maximum absolute atomic E-state index is 5.21. The molecule has 0 bridgehead atoms. The summed E-state index contributed by atoms with van der Waals surface area (Å²) in [6.07, 6.45) is 2.71. The van der Waals surface area contributed by atoms with Gasteiger partial charge in [0.25, 0.3) is 0 Å². The Morgan fingerprint density at radius 1 is 1.50 bits per heavy atom. The monoisotopic (exact) mass is 268 g/mol. The van der Waals surface area contributed by atoms with Crippen LogP contribution in [-0.4, -0.2) is 38.3 Å². The lowest BCUT2D eigenvalue weighted by atomic mass is 10.2. The molecule has 0 spiro atoms. The molecule has 3 nitrogen and oxygen atoms in total. The summed E-state index contributed by atoms with van der Waals surface area (Å²) in [7, 11) is 3.79. The highest BCUT2D eigenvalue weighted by Gasteiger charge is 2.29. The summed E-state index contributed by atoms with van der Waals surface area (Å²) in [5.74, 6) is 0. The topological polar surface area (TPSA) is 24.5 Å². The third kappa shape index (κ3) is 3.79. The summed E-state index contributed by atoms with van der Waals surface area (Å²) in [5.41, 5.74) is 1.49. The fraction of sp³-hybridized carbons (Fsp3) is 0.714. The van der Waals surface area contributed by atoms with Crippen molar-refractivity contribution in [1.82, 2.24) is 10.2 Å². The van der Waals surface area contributed by atoms with Crippen LogP contribution in [0.15, 0.2) is 6.07 Å². The maximum atomic E-state index is 5.21. The Morgan fingerprint density at radius 3 is 2.89 bits per heavy atom. The van der Waals surface area contributed by atoms with Crippen molar-refractivity contribution in [3.05, 3.63) is 21.4 Å². The van der Waals surface area contributed by atoms with Crippen LogP contribution >= 0.6 is 11.3 Å². The van der Waals surface area contributed by atoms with E-state index in [-0.39, 0.29) is 0 Å². The van der Waals surface area contributed by atoms with E-state index in [1.807, 2.05) is 18.4 Å². The molecule has 1 aromatic heterocycles. The van der Waals surface area contributed by atoms with Crippen molar-refractivity contribution in [2.45, 2.75) is 38.9 Å². The lowest BCUT2D eigenvalue weighted by molar-refractivity contribution is 0.139. The maximum Gasteiger partial charge on any atom is 0.0589 e. The van der Waals surface area contributed by atoms with Gasteiger partial charge in [-0.15, -0.1) is 11.3 Å². The molecule has 102 valence electrons. The molecular weight excluding hydrogens is 244 g/mol. The van der Waals surface area contributed by atoms with E-state index in [0.29, 0.717) is 0 Å². The van der Waals surface area contributed by atoms with Crippen molar-refractivity contribution in [1.29, 1.82) is 0 Å². The van der Waals surface area contributed by atoms with Crippen LogP contribution in [0.5, 0.6) is 0 Å². The van der Waals surface area contributed by atoms with Crippen LogP contribution in [0.4, 0.5) is 0 Å². The molecule has 1 aromatic rings. The first-order valence-electron chi connectivity index (χ1n) is 6.70. The Morgan fingerprint density at radius 2 is 2.28 bits per heavy atom. The van der Waals surface area contributed by atoms with Gasteiger partial charge < -0.3 is 10.1 Å². The predicted octanol–water partition coefficient (Wildman–Crippen LogP) is 2.39. The fourth-order valence-electron chi connectivity index (χ4n) is 2.26. The van der Waals surface area contributed by atoms with E-state index in [2.05, 4.69) is 23.2 Å². The quantitative estimate of drug-likeness (QED) is 0.783. The van der Waals surface area contributed by atoms with Crippen LogP contribution in [-0.2, 0) is 17.8 Å². The molecule has 2 rings (SSSR count). The van der Waals surface area contributed by atoms with Crippen molar-refractivity contribution >= 4 is 11.3 Å². The number of thiophene rings is 1. The van der Waals surface area contributed by atoms with Crippen LogP contribution < -0.4 is 5.32 Å². The van der Waals surface area contributed by atoms with Gasteiger partial charge >= 0.3 is 0 Å². The Hall–Kier alpha value is -0.420. The van der Waals surface area contributed by atoms with Gasteiger partial charge in [0.05, 0.1) is 6.61 Å². The molecular formula is C14H24N2OS. The van der Waals surface area contributed by atoms with Gasteiger partial charge in [0.15, 0.2) is 0 Å². The number of hydrogen-bond acceptors (Lipinski definition) is 4. The molecule has 0 atom stereocenters. The van der Waals surface area contributed by atoms with E-state index < -0.39 is 0 Å². The summed E-state index contributed by atoms with van der Waals surface area (Å²) in [6.45, 7) is 6.19. The van der Waals surface area contributed by atoms with Gasteiger partial charge in [0.2, 0.25) is 0 Å². The minimum Gasteiger partial charge on any atom is -0.383 e. The van der Waals surface area contributed by atoms with E-state index >= 15 is 0 Å². The fourth-order valence-corrected chi connectivity index (χ4v) is 3.33. The number of nitrogens with zero attached hydrogens (tertiary/aromatic N) is 1. The smallest absolute Gasteiger partial charge is 0.0589 e. The molecule has 0 saturated heterocycles. The Labute approximate surface area is 114 Å². The average Bonchev–Trinajstić information content (AvgIpc) is 3.12. The molecule has 4 heteroatoms. The second-order valence-electron chi connectivity index (χ2n) is 5.02. The molecule has 1 heterocycles. The molecule has 1 N–H and O–H groups in total. The molecule has 0 unspecified atom stereocenters. The summed E-state index contributed by atoms with van der Waals surface area (Å²) in [5, 5.41) is 3.22. The first-order valence-corrected chi connectivity index (χ1v) is 7.52. The highest BCUT2D eigenvalue weighted by atomic mass is 32.1. The van der Waals surface area contributed by atoms with Gasteiger partial charge in [0, 0.05) is 42.5 Å². The molecule has 0 radical (unpaired) electrons. The van der Waals surface area contributed by atoms with Crippen LogP contribution in [0.1, 0.15) is 28.2 Å². The molecule has 0 aliphatic heterocycles. The SMILES string of the molecule is CNCc1cc(CN(CCOC)C2CC2)c(C)s1. The molecule has 1 fully saturated rings. The van der Waals surface area contributed by atoms with Gasteiger partial charge in [-0.05, 0) is 38.4 Å². The minimum atomic E-state index is 0.798. The normalized spacial score (nSPS) is 15.6. The molecule has 1 aliphatic carbocycles. The molecule has 1 saturated carbocycles. The van der Waals surface area contributed by atoms with Gasteiger partial charge in [-0.2, -0.15) is 0 Å². The van der Waals surface area contributed by atoms with E-state index in [1.165, 1.54) is 28.2 Å². The third-order valence-electron chi connectivity index (χ3n) is 3.44. The largest absolute Gasteiger partial charge is 0.383 e.